The van der Waals surface area contributed by atoms with Crippen molar-refractivity contribution in [2.45, 2.75) is 181 Å². The fraction of sp³-hybridized carbons (Fsp3) is 0.857. The molecule has 0 bridgehead atoms. The van der Waals surface area contributed by atoms with Crippen LogP contribution in [0.4, 0.5) is 0 Å². The lowest BCUT2D eigenvalue weighted by Gasteiger charge is -2.63. The van der Waals surface area contributed by atoms with Gasteiger partial charge in [-0.3, -0.25) is 9.97 Å². The summed E-state index contributed by atoms with van der Waals surface area (Å²) < 4.78 is 41.5. The normalized spacial score (nSPS) is 56.4. The van der Waals surface area contributed by atoms with E-state index in [0.29, 0.717) is 60.6 Å². The Balaban J connectivity index is 0.747. The predicted octanol–water partition coefficient (Wildman–Crippen LogP) is 9.36. The van der Waals surface area contributed by atoms with Crippen LogP contribution in [0.15, 0.2) is 23.3 Å². The highest BCUT2D eigenvalue weighted by atomic mass is 16.7. The molecular weight excluding hydrogens is 813 g/mol. The standard InChI is InChI=1S/C56H78N2O7/c1-29-13-15-54(62-27-29)31(3)48-45(64-54)21-38-35-11-9-33-19-41-43(25-50(33,5)37(35)23-47(59)52(38,48)7)57-42-20-34-10-12-36-39-22-46-49(32(4)55(65-46)16-14-30(2)28-63-55)53(39,8)56(60-17-18-61-56)24-40(36)51(34,6)26-44(42)58-41/h21-22,29-37,40,45-49,59H,9-20,23-28H2,1-8H3/t29-,30-,31-,32-,33-,34-,35+,36-,37-,40-,45-,46-,47+,48-,49-,50-,51-,52+,53-,54+,55+/m0/s1. The van der Waals surface area contributed by atoms with Crippen molar-refractivity contribution in [3.63, 3.8) is 0 Å². The minimum absolute atomic E-state index is 0.0321. The number of aromatic nitrogens is 2. The van der Waals surface area contributed by atoms with Crippen molar-refractivity contribution in [2.75, 3.05) is 26.4 Å². The van der Waals surface area contributed by atoms with E-state index in [1.54, 1.807) is 5.57 Å². The summed E-state index contributed by atoms with van der Waals surface area (Å²) in [5.41, 5.74) is 7.79. The average Bonchev–Trinajstić information content (AvgIpc) is 4.07. The summed E-state index contributed by atoms with van der Waals surface area (Å²) in [4.78, 5) is 11.5. The van der Waals surface area contributed by atoms with Gasteiger partial charge in [-0.15, -0.1) is 0 Å². The van der Waals surface area contributed by atoms with E-state index < -0.39 is 17.4 Å². The van der Waals surface area contributed by atoms with E-state index in [4.69, 9.17) is 38.4 Å². The number of hydrogen-bond acceptors (Lipinski definition) is 9. The number of ether oxygens (including phenoxy) is 6. The maximum Gasteiger partial charge on any atom is 0.178 e. The smallest absolute Gasteiger partial charge is 0.178 e. The lowest BCUT2D eigenvalue weighted by atomic mass is 9.44. The van der Waals surface area contributed by atoms with Crippen molar-refractivity contribution in [2.24, 2.45) is 92.7 Å². The van der Waals surface area contributed by atoms with Gasteiger partial charge in [0.25, 0.3) is 0 Å². The van der Waals surface area contributed by atoms with Gasteiger partial charge in [-0.1, -0.05) is 78.7 Å². The van der Waals surface area contributed by atoms with E-state index in [-0.39, 0.29) is 63.6 Å². The maximum atomic E-state index is 12.5. The molecule has 0 unspecified atom stereocenters. The highest BCUT2D eigenvalue weighted by molar-refractivity contribution is 5.41. The van der Waals surface area contributed by atoms with Crippen LogP contribution in [0.1, 0.15) is 142 Å². The van der Waals surface area contributed by atoms with Gasteiger partial charge >= 0.3 is 0 Å². The Labute approximate surface area is 388 Å². The van der Waals surface area contributed by atoms with Crippen LogP contribution in [0.5, 0.6) is 0 Å². The van der Waals surface area contributed by atoms with Gasteiger partial charge in [0.1, 0.15) is 0 Å². The van der Waals surface area contributed by atoms with Crippen molar-refractivity contribution in [3.8, 4) is 0 Å². The summed E-state index contributed by atoms with van der Waals surface area (Å²) in [6.07, 6.45) is 19.7. The van der Waals surface area contributed by atoms with E-state index in [0.717, 1.165) is 77.4 Å². The molecule has 3 spiro atoms. The number of fused-ring (bicyclic) bond motifs is 17. The Hall–Kier alpha value is -1.72. The first-order chi connectivity index (χ1) is 31.1. The van der Waals surface area contributed by atoms with E-state index in [2.05, 4.69) is 67.5 Å². The van der Waals surface area contributed by atoms with E-state index in [1.807, 2.05) is 0 Å². The molecule has 6 heterocycles. The summed E-state index contributed by atoms with van der Waals surface area (Å²) in [6.45, 7) is 22.3. The molecule has 14 rings (SSSR count). The molecule has 0 radical (unpaired) electrons. The van der Waals surface area contributed by atoms with Crippen molar-refractivity contribution >= 4 is 0 Å². The lowest BCUT2D eigenvalue weighted by Crippen LogP contribution is -2.63. The van der Waals surface area contributed by atoms with Crippen LogP contribution >= 0.6 is 0 Å². The molecule has 5 saturated heterocycles. The Bertz CT molecular complexity index is 2240. The number of aliphatic hydroxyl groups is 1. The predicted molar refractivity (Wildman–Crippen MR) is 244 cm³/mol. The number of aliphatic hydroxyl groups excluding tert-OH is 1. The minimum Gasteiger partial charge on any atom is -0.392 e. The number of rotatable bonds is 0. The molecule has 9 nitrogen and oxygen atoms in total. The summed E-state index contributed by atoms with van der Waals surface area (Å²) in [6, 6.07) is 0. The molecule has 1 aromatic rings. The van der Waals surface area contributed by atoms with Crippen molar-refractivity contribution in [1.29, 1.82) is 0 Å². The molecule has 0 amide bonds. The van der Waals surface area contributed by atoms with Gasteiger partial charge in [-0.2, -0.15) is 0 Å². The average molecular weight is 891 g/mol. The van der Waals surface area contributed by atoms with Crippen LogP contribution in [0.2, 0.25) is 0 Å². The van der Waals surface area contributed by atoms with Crippen molar-refractivity contribution < 1.29 is 33.5 Å². The van der Waals surface area contributed by atoms with Crippen molar-refractivity contribution in [1.82, 2.24) is 9.97 Å². The second-order valence-corrected chi connectivity index (χ2v) is 26.2. The molecule has 5 aliphatic heterocycles. The first-order valence-electron chi connectivity index (χ1n) is 27.0. The fourth-order valence-corrected chi connectivity index (χ4v) is 20.0. The first-order valence-corrected chi connectivity index (χ1v) is 27.0. The molecule has 1 N–H and O–H groups in total. The molecule has 0 aromatic carbocycles. The van der Waals surface area contributed by atoms with Crippen LogP contribution in [0.25, 0.3) is 0 Å². The second kappa shape index (κ2) is 13.6. The van der Waals surface area contributed by atoms with Crippen LogP contribution in [-0.4, -0.2) is 77.2 Å². The highest BCUT2D eigenvalue weighted by Crippen LogP contribution is 2.74. The topological polar surface area (TPSA) is 101 Å². The third-order valence-electron chi connectivity index (χ3n) is 23.7. The van der Waals surface area contributed by atoms with Gasteiger partial charge in [0.2, 0.25) is 0 Å². The maximum absolute atomic E-state index is 12.5. The summed E-state index contributed by atoms with van der Waals surface area (Å²) in [7, 11) is 0. The van der Waals surface area contributed by atoms with Gasteiger partial charge in [0.05, 0.1) is 67.5 Å². The molecule has 1 aromatic heterocycles. The molecule has 65 heavy (non-hydrogen) atoms. The molecule has 8 aliphatic carbocycles. The molecule has 13 aliphatic rings. The van der Waals surface area contributed by atoms with Crippen LogP contribution < -0.4 is 0 Å². The van der Waals surface area contributed by atoms with Gasteiger partial charge in [-0.25, -0.2) is 0 Å². The van der Waals surface area contributed by atoms with Gasteiger partial charge in [-0.05, 0) is 129 Å². The summed E-state index contributed by atoms with van der Waals surface area (Å²) >= 11 is 0. The molecular formula is C56H78N2O7. The molecule has 9 fully saturated rings. The zero-order chi connectivity index (χ0) is 44.4. The Morgan fingerprint density at radius 3 is 1.69 bits per heavy atom. The second-order valence-electron chi connectivity index (χ2n) is 26.2. The number of nitrogens with zero attached hydrogens (tertiary/aromatic N) is 2. The zero-order valence-corrected chi connectivity index (χ0v) is 40.8. The molecule has 354 valence electrons. The minimum atomic E-state index is -0.645. The van der Waals surface area contributed by atoms with Gasteiger partial charge in [0, 0.05) is 53.8 Å². The molecule has 4 saturated carbocycles. The third-order valence-corrected chi connectivity index (χ3v) is 23.7. The lowest BCUT2D eigenvalue weighted by molar-refractivity contribution is -0.281. The number of hydrogen-bond donors (Lipinski definition) is 1. The monoisotopic (exact) mass is 891 g/mol. The van der Waals surface area contributed by atoms with Crippen LogP contribution in [-0.2, 0) is 54.1 Å². The molecule has 9 heteroatoms. The van der Waals surface area contributed by atoms with E-state index in [9.17, 15) is 5.11 Å². The van der Waals surface area contributed by atoms with Crippen molar-refractivity contribution in [3.05, 3.63) is 46.1 Å². The van der Waals surface area contributed by atoms with Crippen LogP contribution in [0, 0.1) is 92.7 Å². The first kappa shape index (κ1) is 42.2. The summed E-state index contributed by atoms with van der Waals surface area (Å²) in [5, 5.41) is 12.5. The van der Waals surface area contributed by atoms with Gasteiger partial charge < -0.3 is 33.5 Å². The largest absolute Gasteiger partial charge is 0.392 e. The molecule has 21 atom stereocenters. The quantitative estimate of drug-likeness (QED) is 0.256. The zero-order valence-electron chi connectivity index (χ0n) is 40.8. The van der Waals surface area contributed by atoms with E-state index >= 15 is 0 Å². The van der Waals surface area contributed by atoms with Crippen LogP contribution in [0.3, 0.4) is 0 Å². The summed E-state index contributed by atoms with van der Waals surface area (Å²) in [5.74, 6) is 3.56. The van der Waals surface area contributed by atoms with Gasteiger partial charge in [0.15, 0.2) is 17.4 Å². The highest BCUT2D eigenvalue weighted by Gasteiger charge is 2.75. The Morgan fingerprint density at radius 2 is 1.12 bits per heavy atom. The SMILES string of the molecule is C[C@H]1CC[C@@]2(OC1)O[C@H]1C=C3[C@@H]4CC[C@H]5Cc6nc7c(nc6C[C@]5(C)[C@H]4C[C@@H](O)[C@]3(C)[C@H]1[C@@H]2C)C[C@@H]1CC[C@H]2C3=C[C@@H]4O[C@]5(CC[C@H](C)CO5)[C@@H](C)[C@@H]4[C@@]3(C)C3(C[C@@H]2[C@@]1(C)C7)OCCO3. The Morgan fingerprint density at radius 1 is 0.600 bits per heavy atom. The fourth-order valence-electron chi connectivity index (χ4n) is 20.0. The van der Waals surface area contributed by atoms with E-state index in [1.165, 1.54) is 54.0 Å². The Kier molecular flexibility index (Phi) is 8.81. The third kappa shape index (κ3) is 5.17.